The summed E-state index contributed by atoms with van der Waals surface area (Å²) in [5.41, 5.74) is 0.405. The lowest BCUT2D eigenvalue weighted by Crippen LogP contribution is -2.57. The van der Waals surface area contributed by atoms with Gasteiger partial charge in [-0.3, -0.25) is 4.40 Å². The van der Waals surface area contributed by atoms with Crippen molar-refractivity contribution >= 4 is 11.7 Å². The van der Waals surface area contributed by atoms with E-state index in [9.17, 15) is 4.79 Å². The Balaban J connectivity index is 1.47. The van der Waals surface area contributed by atoms with Crippen LogP contribution in [0, 0.1) is 5.92 Å². The number of carbonyl (C=O) groups is 1. The topological polar surface area (TPSA) is 71.8 Å². The highest BCUT2D eigenvalue weighted by molar-refractivity contribution is 5.69. The predicted octanol–water partition coefficient (Wildman–Crippen LogP) is 2.07. The lowest BCUT2D eigenvalue weighted by atomic mass is 9.93. The summed E-state index contributed by atoms with van der Waals surface area (Å²) >= 11 is 0. The Morgan fingerprint density at radius 1 is 1.38 bits per heavy atom. The summed E-state index contributed by atoms with van der Waals surface area (Å²) in [6, 6.07) is 6.14. The maximum absolute atomic E-state index is 12.0. The first-order chi connectivity index (χ1) is 11.3. The van der Waals surface area contributed by atoms with Gasteiger partial charge in [0, 0.05) is 31.2 Å². The summed E-state index contributed by atoms with van der Waals surface area (Å²) < 4.78 is 7.36. The minimum atomic E-state index is -0.444. The SMILES string of the molecule is C[C@@H](NCc1nnc2ccccn12)C1CN(C(=O)OC(C)(C)C)C1. The highest BCUT2D eigenvalue weighted by Gasteiger charge is 2.36. The van der Waals surface area contributed by atoms with Crippen LogP contribution in [0.1, 0.15) is 33.5 Å². The van der Waals surface area contributed by atoms with Gasteiger partial charge >= 0.3 is 6.09 Å². The number of hydrogen-bond donors (Lipinski definition) is 1. The zero-order valence-electron chi connectivity index (χ0n) is 14.7. The minimum absolute atomic E-state index is 0.227. The monoisotopic (exact) mass is 331 g/mol. The van der Waals surface area contributed by atoms with E-state index in [1.54, 1.807) is 4.90 Å². The van der Waals surface area contributed by atoms with E-state index in [4.69, 9.17) is 4.74 Å². The largest absolute Gasteiger partial charge is 0.444 e. The normalized spacial score (nSPS) is 16.9. The molecule has 0 unspecified atom stereocenters. The first kappa shape index (κ1) is 16.7. The van der Waals surface area contributed by atoms with Crippen molar-refractivity contribution in [2.24, 2.45) is 5.92 Å². The molecule has 0 aromatic carbocycles. The molecule has 1 amide bonds. The third-order valence-electron chi connectivity index (χ3n) is 4.24. The smallest absolute Gasteiger partial charge is 0.410 e. The van der Waals surface area contributed by atoms with Gasteiger partial charge in [0.2, 0.25) is 0 Å². The standard InChI is InChI=1S/C17H25N5O2/c1-12(13-10-21(11-13)16(23)24-17(2,3)4)18-9-15-20-19-14-7-5-6-8-22(14)15/h5-8,12-13,18H,9-11H2,1-4H3/t12-/m1/s1. The fourth-order valence-electron chi connectivity index (χ4n) is 2.73. The van der Waals surface area contributed by atoms with Gasteiger partial charge in [-0.1, -0.05) is 6.07 Å². The summed E-state index contributed by atoms with van der Waals surface area (Å²) in [5.74, 6) is 1.32. The van der Waals surface area contributed by atoms with E-state index >= 15 is 0 Å². The molecule has 3 rings (SSSR count). The van der Waals surface area contributed by atoms with Crippen molar-refractivity contribution < 1.29 is 9.53 Å². The summed E-state index contributed by atoms with van der Waals surface area (Å²) in [5, 5.41) is 11.9. The number of amides is 1. The molecule has 2 aromatic heterocycles. The fourth-order valence-corrected chi connectivity index (χ4v) is 2.73. The second-order valence-corrected chi connectivity index (χ2v) is 7.36. The van der Waals surface area contributed by atoms with Gasteiger partial charge in [0.25, 0.3) is 0 Å². The van der Waals surface area contributed by atoms with Crippen molar-refractivity contribution in [2.75, 3.05) is 13.1 Å². The molecule has 3 heterocycles. The molecule has 0 bridgehead atoms. The van der Waals surface area contributed by atoms with E-state index in [0.717, 1.165) is 24.6 Å². The number of likely N-dealkylation sites (tertiary alicyclic amines) is 1. The van der Waals surface area contributed by atoms with Crippen LogP contribution in [-0.2, 0) is 11.3 Å². The molecule has 7 nitrogen and oxygen atoms in total. The Morgan fingerprint density at radius 2 is 2.12 bits per heavy atom. The van der Waals surface area contributed by atoms with Crippen molar-refractivity contribution in [1.29, 1.82) is 0 Å². The second-order valence-electron chi connectivity index (χ2n) is 7.36. The summed E-state index contributed by atoms with van der Waals surface area (Å²) in [6.07, 6.45) is 1.74. The maximum atomic E-state index is 12.0. The molecular formula is C17H25N5O2. The Hall–Kier alpha value is -2.15. The van der Waals surface area contributed by atoms with Crippen LogP contribution in [0.2, 0.25) is 0 Å². The van der Waals surface area contributed by atoms with Crippen LogP contribution in [0.15, 0.2) is 24.4 Å². The van der Waals surface area contributed by atoms with Gasteiger partial charge < -0.3 is 15.0 Å². The summed E-state index contributed by atoms with van der Waals surface area (Å²) in [7, 11) is 0. The van der Waals surface area contributed by atoms with Gasteiger partial charge in [-0.25, -0.2) is 4.79 Å². The molecule has 1 atom stereocenters. The van der Waals surface area contributed by atoms with Crippen LogP contribution < -0.4 is 5.32 Å². The average Bonchev–Trinajstić information content (AvgIpc) is 2.84. The van der Waals surface area contributed by atoms with E-state index in [-0.39, 0.29) is 6.09 Å². The van der Waals surface area contributed by atoms with E-state index in [2.05, 4.69) is 22.4 Å². The molecule has 130 valence electrons. The zero-order chi connectivity index (χ0) is 17.3. The van der Waals surface area contributed by atoms with Gasteiger partial charge in [-0.2, -0.15) is 0 Å². The van der Waals surface area contributed by atoms with Gasteiger partial charge in [0.05, 0.1) is 6.54 Å². The predicted molar refractivity (Wildman–Crippen MR) is 90.6 cm³/mol. The molecule has 0 saturated carbocycles. The van der Waals surface area contributed by atoms with Gasteiger partial charge in [-0.15, -0.1) is 10.2 Å². The Kier molecular flexibility index (Phi) is 4.45. The number of rotatable bonds is 4. The molecular weight excluding hydrogens is 306 g/mol. The molecule has 0 aliphatic carbocycles. The number of nitrogens with one attached hydrogen (secondary N) is 1. The van der Waals surface area contributed by atoms with Gasteiger partial charge in [-0.05, 0) is 39.8 Å². The highest BCUT2D eigenvalue weighted by Crippen LogP contribution is 2.22. The van der Waals surface area contributed by atoms with Crippen LogP contribution in [0.5, 0.6) is 0 Å². The number of nitrogens with zero attached hydrogens (tertiary/aromatic N) is 4. The molecule has 0 spiro atoms. The minimum Gasteiger partial charge on any atom is -0.444 e. The van der Waals surface area contributed by atoms with Crippen LogP contribution in [0.3, 0.4) is 0 Å². The summed E-state index contributed by atoms with van der Waals surface area (Å²) in [4.78, 5) is 13.7. The van der Waals surface area contributed by atoms with Crippen molar-refractivity contribution in [3.8, 4) is 0 Å². The van der Waals surface area contributed by atoms with E-state index in [1.165, 1.54) is 0 Å². The average molecular weight is 331 g/mol. The highest BCUT2D eigenvalue weighted by atomic mass is 16.6. The van der Waals surface area contributed by atoms with Gasteiger partial charge in [0.15, 0.2) is 11.5 Å². The number of ether oxygens (including phenoxy) is 1. The Bertz CT molecular complexity index is 715. The van der Waals surface area contributed by atoms with Crippen LogP contribution >= 0.6 is 0 Å². The third kappa shape index (κ3) is 3.67. The Morgan fingerprint density at radius 3 is 2.83 bits per heavy atom. The molecule has 1 N–H and O–H groups in total. The molecule has 1 aliphatic rings. The van der Waals surface area contributed by atoms with Crippen molar-refractivity contribution in [2.45, 2.75) is 45.9 Å². The molecule has 1 aliphatic heterocycles. The van der Waals surface area contributed by atoms with E-state index < -0.39 is 5.60 Å². The van der Waals surface area contributed by atoms with Gasteiger partial charge in [0.1, 0.15) is 5.60 Å². The molecule has 1 fully saturated rings. The van der Waals surface area contributed by atoms with Crippen molar-refractivity contribution in [1.82, 2.24) is 24.8 Å². The maximum Gasteiger partial charge on any atom is 0.410 e. The van der Waals surface area contributed by atoms with Crippen molar-refractivity contribution in [3.05, 3.63) is 30.2 Å². The zero-order valence-corrected chi connectivity index (χ0v) is 14.7. The second kappa shape index (κ2) is 6.39. The van der Waals surface area contributed by atoms with Crippen molar-refractivity contribution in [3.63, 3.8) is 0 Å². The first-order valence-corrected chi connectivity index (χ1v) is 8.33. The molecule has 2 aromatic rings. The van der Waals surface area contributed by atoms with Crippen LogP contribution in [-0.4, -0.2) is 50.3 Å². The third-order valence-corrected chi connectivity index (χ3v) is 4.24. The number of hydrogen-bond acceptors (Lipinski definition) is 5. The molecule has 0 radical (unpaired) electrons. The molecule has 1 saturated heterocycles. The number of aromatic nitrogens is 3. The van der Waals surface area contributed by atoms with E-state index in [0.29, 0.717) is 18.5 Å². The number of carbonyl (C=O) groups excluding carboxylic acids is 1. The van der Waals surface area contributed by atoms with Crippen LogP contribution in [0.25, 0.3) is 5.65 Å². The Labute approximate surface area is 142 Å². The molecule has 24 heavy (non-hydrogen) atoms. The van der Waals surface area contributed by atoms with E-state index in [1.807, 2.05) is 49.6 Å². The number of pyridine rings is 1. The number of fused-ring (bicyclic) bond motifs is 1. The lowest BCUT2D eigenvalue weighted by Gasteiger charge is -2.42. The van der Waals surface area contributed by atoms with Crippen LogP contribution in [0.4, 0.5) is 4.79 Å². The summed E-state index contributed by atoms with van der Waals surface area (Å²) in [6.45, 7) is 9.89. The fraction of sp³-hybridized carbons (Fsp3) is 0.588. The quantitative estimate of drug-likeness (QED) is 0.929. The lowest BCUT2D eigenvalue weighted by molar-refractivity contribution is -0.00583. The molecule has 7 heteroatoms. The first-order valence-electron chi connectivity index (χ1n) is 8.33.